The number of hydrogen-bond acceptors (Lipinski definition) is 9. The predicted octanol–water partition coefficient (Wildman–Crippen LogP) is 12.2. The minimum atomic E-state index is -3.64. The third kappa shape index (κ3) is 14.9. The zero-order valence-electron chi connectivity index (χ0n) is 51.7. The summed E-state index contributed by atoms with van der Waals surface area (Å²) in [5.41, 5.74) is 8.03. The average molecular weight is 1500 g/mol. The standard InChI is InChI=1S/C38H60O5S.C25H45NO2.C3H6O.ClH.I3/c1-8-29-33-22-26(39)18-20-38(33,7)32-19-21-37(6)30(16-17-31(37)34(32)35(29)41)24(2)10-9-11-27(40)23-44(42,43)28-14-12-25(13-15-28)36(3,4)5;1-5-17-21-14-16(27)8-11-25(21,4)20-9-12-24(3)18(15(2)10-13-26)6-7-19(24)22(20)23(17)28;1-3(2)4;;1-3-2/h12-15,24,26,29-35,39,41H,8-11,16-23H2,1-7H3;15-23,27-28H,5-14,26H2,1-4H3;1-2H3;1H;/q;;;;-1/t24-,26-,29-,30-,31+,32+,33+,34+,35-,37-,38-;15-,16-,17-,18-,19+,20+,21+,22+,23-,24-,25-;;;/m11.../s1. The Kier molecular flexibility index (Phi) is 26.3. The van der Waals surface area contributed by atoms with Gasteiger partial charge in [0.1, 0.15) is 17.3 Å². The van der Waals surface area contributed by atoms with E-state index < -0.39 is 15.6 Å². The number of Topliss-reactive ketones (excluding diaryl/α,β-unsaturated/α-hetero) is 2. The number of nitrogens with two attached hydrogens (primary N) is 1. The Morgan fingerprint density at radius 2 is 1.02 bits per heavy atom. The molecule has 0 aromatic heterocycles. The van der Waals surface area contributed by atoms with Crippen molar-refractivity contribution >= 4 is 71.0 Å². The predicted molar refractivity (Wildman–Crippen MR) is 343 cm³/mol. The number of hydrogen-bond donors (Lipinski definition) is 5. The van der Waals surface area contributed by atoms with Gasteiger partial charge in [0.2, 0.25) is 0 Å². The van der Waals surface area contributed by atoms with Crippen molar-refractivity contribution in [1.29, 1.82) is 0 Å². The summed E-state index contributed by atoms with van der Waals surface area (Å²) in [6, 6.07) is 6.99. The molecule has 80 heavy (non-hydrogen) atoms. The molecule has 9 nitrogen and oxygen atoms in total. The second kappa shape index (κ2) is 29.4. The normalized spacial score (nSPS) is 41.5. The third-order valence-electron chi connectivity index (χ3n) is 24.5. The number of ketones is 2. The molecule has 22 atom stereocenters. The van der Waals surface area contributed by atoms with Crippen molar-refractivity contribution in [1.82, 2.24) is 0 Å². The maximum absolute atomic E-state index is 13.0. The number of fused-ring (bicyclic) bond motifs is 10. The molecule has 0 amide bonds. The first kappa shape index (κ1) is 71.5. The van der Waals surface area contributed by atoms with Crippen LogP contribution in [0, 0.1) is 105 Å². The summed E-state index contributed by atoms with van der Waals surface area (Å²) in [6.07, 6.45) is 20.1. The van der Waals surface area contributed by atoms with Crippen molar-refractivity contribution in [3.63, 3.8) is 0 Å². The van der Waals surface area contributed by atoms with Gasteiger partial charge >= 0.3 is 50.5 Å². The van der Waals surface area contributed by atoms with Crippen molar-refractivity contribution in [3.8, 4) is 0 Å². The van der Waals surface area contributed by atoms with E-state index >= 15 is 0 Å². The molecule has 0 aliphatic heterocycles. The Morgan fingerprint density at radius 3 is 1.40 bits per heavy atom. The van der Waals surface area contributed by atoms with Crippen LogP contribution in [0.4, 0.5) is 0 Å². The van der Waals surface area contributed by atoms with Crippen LogP contribution < -0.4 is 19.0 Å². The Labute approximate surface area is 523 Å². The maximum atomic E-state index is 13.0. The first-order valence-corrected chi connectivity index (χ1v) is 45.8. The van der Waals surface area contributed by atoms with Gasteiger partial charge in [-0.1, -0.05) is 108 Å². The Bertz CT molecular complexity index is 2270. The van der Waals surface area contributed by atoms with E-state index in [1.54, 1.807) is 12.1 Å². The molecule has 0 radical (unpaired) electrons. The summed E-state index contributed by atoms with van der Waals surface area (Å²) in [5.74, 6) is 6.80. The molecule has 8 aliphatic carbocycles. The fourth-order valence-electron chi connectivity index (χ4n) is 20.7. The zero-order chi connectivity index (χ0) is 58.8. The monoisotopic (exact) mass is 1490 g/mol. The molecule has 8 aliphatic rings. The molecule has 0 unspecified atom stereocenters. The van der Waals surface area contributed by atoms with Crippen LogP contribution in [-0.2, 0) is 24.8 Å². The number of carbonyl (C=O) groups is 2. The van der Waals surface area contributed by atoms with Gasteiger partial charge in [0.05, 0.1) is 29.3 Å². The molecule has 6 N–H and O–H groups in total. The molecule has 0 saturated heterocycles. The quantitative estimate of drug-likeness (QED) is 0.120. The molecule has 0 heterocycles. The van der Waals surface area contributed by atoms with Gasteiger partial charge in [-0.25, -0.2) is 8.42 Å². The van der Waals surface area contributed by atoms with Crippen LogP contribution in [0.15, 0.2) is 29.2 Å². The SMILES string of the molecule is CC(C)=O.CC[C@H]1[C@@H](O)[C@@H]2[C@H](CC[C@]3(C)[C@@H]([C@H](C)CCCC(=O)CS(=O)(=O)c4ccc(C(C)(C)C)cc4)CC[C@@H]23)[C@@]2(C)CC[C@@H](O)C[C@@H]12.CC[C@H]1[C@@H](O)[C@@H]2[C@H](CC[C@]3(C)[C@@H]([C@H](C)CCN)CC[C@@H]23)[C@@]2(C)CC[C@@H](O)C[C@@H]12.Cl.I[I-]I. The van der Waals surface area contributed by atoms with Gasteiger partial charge < -0.3 is 31.0 Å². The number of sulfone groups is 1. The number of aliphatic hydroxyl groups is 4. The van der Waals surface area contributed by atoms with Crippen LogP contribution in [0.3, 0.4) is 0 Å². The number of rotatable bonds is 13. The number of aliphatic hydroxyl groups excluding tert-OH is 4. The van der Waals surface area contributed by atoms with E-state index in [2.05, 4.69) is 113 Å². The van der Waals surface area contributed by atoms with Gasteiger partial charge in [-0.15, -0.1) is 12.4 Å². The molecule has 8 fully saturated rings. The number of halogens is 4. The fourth-order valence-corrected chi connectivity index (χ4v) is 22.0. The molecule has 8 saturated carbocycles. The molecule has 9 rings (SSSR count). The average Bonchev–Trinajstić information content (AvgIpc) is 4.04. The summed E-state index contributed by atoms with van der Waals surface area (Å²) in [5, 5.41) is 44.6. The van der Waals surface area contributed by atoms with Crippen LogP contribution in [0.2, 0.25) is 0 Å². The summed E-state index contributed by atoms with van der Waals surface area (Å²) in [7, 11) is -3.64. The second-order valence-electron chi connectivity index (χ2n) is 29.7. The van der Waals surface area contributed by atoms with Crippen LogP contribution in [0.5, 0.6) is 0 Å². The molecule has 1 aromatic carbocycles. The van der Waals surface area contributed by atoms with Crippen molar-refractivity contribution < 1.29 is 51.7 Å². The topological polar surface area (TPSA) is 175 Å². The summed E-state index contributed by atoms with van der Waals surface area (Å²) >= 11 is 5.30. The molecule has 464 valence electrons. The van der Waals surface area contributed by atoms with Gasteiger partial charge in [-0.3, -0.25) is 4.79 Å². The van der Waals surface area contributed by atoms with E-state index in [1.165, 1.54) is 65.2 Å². The van der Waals surface area contributed by atoms with Gasteiger partial charge in [-0.2, -0.15) is 0 Å². The van der Waals surface area contributed by atoms with Crippen molar-refractivity contribution in [2.24, 2.45) is 110 Å². The number of benzene rings is 1. The van der Waals surface area contributed by atoms with Gasteiger partial charge in [0.25, 0.3) is 0 Å². The summed E-state index contributed by atoms with van der Waals surface area (Å²) in [6.45, 7) is 29.5. The van der Waals surface area contributed by atoms with Crippen LogP contribution in [0.25, 0.3) is 0 Å². The van der Waals surface area contributed by atoms with Gasteiger partial charge in [-0.05, 0) is 251 Å². The molecular formula is C66H112ClI3NO8S-. The van der Waals surface area contributed by atoms with E-state index in [0.29, 0.717) is 102 Å². The first-order valence-electron chi connectivity index (χ1n) is 31.6. The van der Waals surface area contributed by atoms with E-state index in [1.807, 2.05) is 12.1 Å². The Hall–Kier alpha value is 0.790. The van der Waals surface area contributed by atoms with Crippen LogP contribution >= 0.6 is 49.6 Å². The van der Waals surface area contributed by atoms with Gasteiger partial charge in [0.15, 0.2) is 9.84 Å². The molecular weight excluding hydrogens is 1380 g/mol. The second-order valence-corrected chi connectivity index (χ2v) is 47.9. The van der Waals surface area contributed by atoms with Crippen molar-refractivity contribution in [3.05, 3.63) is 29.8 Å². The van der Waals surface area contributed by atoms with E-state index in [4.69, 9.17) is 5.73 Å². The molecule has 14 heteroatoms. The van der Waals surface area contributed by atoms with E-state index in [-0.39, 0.29) is 75.4 Å². The van der Waals surface area contributed by atoms with E-state index in [9.17, 15) is 38.4 Å². The zero-order valence-corrected chi connectivity index (χ0v) is 59.8. The number of carbonyl (C=O) groups excluding carboxylic acids is 2. The molecule has 0 bridgehead atoms. The molecule has 0 spiro atoms. The fraction of sp³-hybridized carbons (Fsp3) is 0.879. The minimum absolute atomic E-state index is 0. The summed E-state index contributed by atoms with van der Waals surface area (Å²) < 4.78 is 25.9. The van der Waals surface area contributed by atoms with Crippen molar-refractivity contribution in [2.75, 3.05) is 12.3 Å². The Balaban J connectivity index is 0.000000279. The van der Waals surface area contributed by atoms with E-state index in [0.717, 1.165) is 88.7 Å². The van der Waals surface area contributed by atoms with Crippen LogP contribution in [0.1, 0.15) is 224 Å². The first-order chi connectivity index (χ1) is 36.9. The van der Waals surface area contributed by atoms with Crippen molar-refractivity contribution in [2.45, 2.75) is 253 Å². The molecule has 1 aromatic rings. The van der Waals surface area contributed by atoms with Crippen LogP contribution in [-0.4, -0.2) is 77.1 Å². The third-order valence-corrected chi connectivity index (χ3v) is 26.2. The Morgan fingerprint density at radius 1 is 0.650 bits per heavy atom. The van der Waals surface area contributed by atoms with Gasteiger partial charge in [0, 0.05) is 6.42 Å². The summed E-state index contributed by atoms with van der Waals surface area (Å²) in [4.78, 5) is 22.5.